The van der Waals surface area contributed by atoms with Crippen molar-refractivity contribution in [1.82, 2.24) is 5.32 Å². The van der Waals surface area contributed by atoms with E-state index in [1.807, 2.05) is 18.2 Å². The van der Waals surface area contributed by atoms with Gasteiger partial charge < -0.3 is 14.8 Å². The maximum absolute atomic E-state index is 6.23. The molecule has 1 N–H and O–H groups in total. The average molecular weight is 329 g/mol. The van der Waals surface area contributed by atoms with Gasteiger partial charge in [-0.2, -0.15) is 12.6 Å². The monoisotopic (exact) mass is 329 g/mol. The molecule has 0 aliphatic carbocycles. The Kier molecular flexibility index (Phi) is 5.73. The molecule has 0 bridgehead atoms. The molecule has 1 aliphatic heterocycles. The normalized spacial score (nSPS) is 22.7. The molecule has 3 atom stereocenters. The van der Waals surface area contributed by atoms with Crippen molar-refractivity contribution in [2.45, 2.75) is 31.1 Å². The summed E-state index contributed by atoms with van der Waals surface area (Å²) in [5, 5.41) is 3.50. The molecule has 1 aliphatic rings. The SMILES string of the molecule is CC(OC1OCCNC1c1ccccc1)c1cccc(CS)c1. The number of hydrogen-bond acceptors (Lipinski definition) is 4. The number of thiol groups is 1. The van der Waals surface area contributed by atoms with Crippen LogP contribution in [0.25, 0.3) is 0 Å². The van der Waals surface area contributed by atoms with Gasteiger partial charge in [-0.25, -0.2) is 0 Å². The van der Waals surface area contributed by atoms with Crippen LogP contribution in [0.1, 0.15) is 35.8 Å². The zero-order valence-electron chi connectivity index (χ0n) is 13.3. The molecule has 0 aromatic heterocycles. The fourth-order valence-corrected chi connectivity index (χ4v) is 3.06. The lowest BCUT2D eigenvalue weighted by Gasteiger charge is -2.34. The second-order valence-corrected chi connectivity index (χ2v) is 6.08. The Morgan fingerprint density at radius 3 is 2.83 bits per heavy atom. The van der Waals surface area contributed by atoms with E-state index in [1.54, 1.807) is 0 Å². The van der Waals surface area contributed by atoms with Crippen molar-refractivity contribution in [1.29, 1.82) is 0 Å². The number of morpholine rings is 1. The fraction of sp³-hybridized carbons (Fsp3) is 0.368. The van der Waals surface area contributed by atoms with E-state index in [-0.39, 0.29) is 18.4 Å². The topological polar surface area (TPSA) is 30.5 Å². The van der Waals surface area contributed by atoms with Crippen molar-refractivity contribution in [2.24, 2.45) is 0 Å². The molecular formula is C19H23NO2S. The average Bonchev–Trinajstić information content (AvgIpc) is 2.63. The maximum Gasteiger partial charge on any atom is 0.177 e. The van der Waals surface area contributed by atoms with Crippen LogP contribution in [0.4, 0.5) is 0 Å². The summed E-state index contributed by atoms with van der Waals surface area (Å²) in [5.41, 5.74) is 3.54. The summed E-state index contributed by atoms with van der Waals surface area (Å²) >= 11 is 4.34. The van der Waals surface area contributed by atoms with Crippen LogP contribution in [0, 0.1) is 0 Å². The number of hydrogen-bond donors (Lipinski definition) is 2. The lowest BCUT2D eigenvalue weighted by Crippen LogP contribution is -2.43. The molecule has 4 heteroatoms. The molecular weight excluding hydrogens is 306 g/mol. The van der Waals surface area contributed by atoms with E-state index in [0.29, 0.717) is 6.61 Å². The first-order chi connectivity index (χ1) is 11.3. The second kappa shape index (κ2) is 7.97. The first kappa shape index (κ1) is 16.5. The van der Waals surface area contributed by atoms with Crippen LogP contribution >= 0.6 is 12.6 Å². The molecule has 0 spiro atoms. The summed E-state index contributed by atoms with van der Waals surface area (Å²) in [7, 11) is 0. The Bertz CT molecular complexity index is 620. The minimum absolute atomic E-state index is 0.0362. The van der Waals surface area contributed by atoms with E-state index in [2.05, 4.69) is 61.3 Å². The van der Waals surface area contributed by atoms with E-state index >= 15 is 0 Å². The van der Waals surface area contributed by atoms with Crippen LogP contribution in [0.3, 0.4) is 0 Å². The summed E-state index contributed by atoms with van der Waals surface area (Å²) in [6.07, 6.45) is -0.327. The third-order valence-electron chi connectivity index (χ3n) is 4.12. The van der Waals surface area contributed by atoms with Crippen LogP contribution in [0.2, 0.25) is 0 Å². The van der Waals surface area contributed by atoms with Gasteiger partial charge in [0.1, 0.15) is 0 Å². The summed E-state index contributed by atoms with van der Waals surface area (Å²) in [6.45, 7) is 3.57. The molecule has 1 heterocycles. The third-order valence-corrected chi connectivity index (χ3v) is 4.49. The number of rotatable bonds is 5. The third kappa shape index (κ3) is 4.15. The van der Waals surface area contributed by atoms with Crippen LogP contribution in [0.15, 0.2) is 54.6 Å². The standard InChI is InChI=1S/C19H23NO2S/c1-14(17-9-5-6-15(12-17)13-23)22-19-18(20-10-11-21-19)16-7-3-2-4-8-16/h2-9,12,14,18-20,23H,10-11,13H2,1H3. The molecule has 23 heavy (non-hydrogen) atoms. The van der Waals surface area contributed by atoms with Crippen LogP contribution in [-0.4, -0.2) is 19.4 Å². The smallest absolute Gasteiger partial charge is 0.177 e. The Hall–Kier alpha value is -1.33. The van der Waals surface area contributed by atoms with Gasteiger partial charge in [-0.15, -0.1) is 0 Å². The van der Waals surface area contributed by atoms with Gasteiger partial charge in [0.05, 0.1) is 18.8 Å². The molecule has 3 rings (SSSR count). The predicted molar refractivity (Wildman–Crippen MR) is 95.6 cm³/mol. The van der Waals surface area contributed by atoms with Gasteiger partial charge in [0, 0.05) is 12.3 Å². The Balaban J connectivity index is 1.73. The Morgan fingerprint density at radius 2 is 2.04 bits per heavy atom. The van der Waals surface area contributed by atoms with Gasteiger partial charge in [-0.05, 0) is 23.6 Å². The number of nitrogens with one attached hydrogen (secondary N) is 1. The minimum atomic E-state index is -0.291. The molecule has 3 unspecified atom stereocenters. The van der Waals surface area contributed by atoms with Crippen molar-refractivity contribution < 1.29 is 9.47 Å². The van der Waals surface area contributed by atoms with Gasteiger partial charge in [-0.3, -0.25) is 0 Å². The van der Waals surface area contributed by atoms with Crippen molar-refractivity contribution in [3.63, 3.8) is 0 Å². The Labute approximate surface area is 143 Å². The number of benzene rings is 2. The van der Waals surface area contributed by atoms with Crippen molar-refractivity contribution in [3.05, 3.63) is 71.3 Å². The molecule has 0 saturated carbocycles. The van der Waals surface area contributed by atoms with Crippen molar-refractivity contribution >= 4 is 12.6 Å². The first-order valence-electron chi connectivity index (χ1n) is 8.03. The molecule has 1 fully saturated rings. The maximum atomic E-state index is 6.23. The summed E-state index contributed by atoms with van der Waals surface area (Å²) < 4.78 is 12.1. The quantitative estimate of drug-likeness (QED) is 0.816. The predicted octanol–water partition coefficient (Wildman–Crippen LogP) is 3.88. The molecule has 2 aromatic carbocycles. The molecule has 0 amide bonds. The lowest BCUT2D eigenvalue weighted by atomic mass is 10.0. The van der Waals surface area contributed by atoms with E-state index in [0.717, 1.165) is 17.9 Å². The lowest BCUT2D eigenvalue weighted by molar-refractivity contribution is -0.200. The van der Waals surface area contributed by atoms with E-state index < -0.39 is 0 Å². The Morgan fingerprint density at radius 1 is 1.22 bits per heavy atom. The summed E-state index contributed by atoms with van der Waals surface area (Å²) in [6, 6.07) is 18.7. The summed E-state index contributed by atoms with van der Waals surface area (Å²) in [5.74, 6) is 0.731. The highest BCUT2D eigenvalue weighted by atomic mass is 32.1. The van der Waals surface area contributed by atoms with Gasteiger partial charge in [-0.1, -0.05) is 54.6 Å². The number of ether oxygens (including phenoxy) is 2. The van der Waals surface area contributed by atoms with E-state index in [4.69, 9.17) is 9.47 Å². The minimum Gasteiger partial charge on any atom is -0.349 e. The second-order valence-electron chi connectivity index (χ2n) is 5.76. The molecule has 2 aromatic rings. The highest BCUT2D eigenvalue weighted by molar-refractivity contribution is 7.79. The zero-order chi connectivity index (χ0) is 16.1. The molecule has 3 nitrogen and oxygen atoms in total. The van der Waals surface area contributed by atoms with Crippen LogP contribution in [-0.2, 0) is 15.2 Å². The van der Waals surface area contributed by atoms with E-state index in [9.17, 15) is 0 Å². The van der Waals surface area contributed by atoms with Gasteiger partial charge in [0.2, 0.25) is 0 Å². The highest BCUT2D eigenvalue weighted by Gasteiger charge is 2.29. The van der Waals surface area contributed by atoms with E-state index in [1.165, 1.54) is 11.1 Å². The highest BCUT2D eigenvalue weighted by Crippen LogP contribution is 2.28. The van der Waals surface area contributed by atoms with Crippen LogP contribution in [0.5, 0.6) is 0 Å². The molecule has 122 valence electrons. The zero-order valence-corrected chi connectivity index (χ0v) is 14.2. The van der Waals surface area contributed by atoms with Gasteiger partial charge >= 0.3 is 0 Å². The largest absolute Gasteiger partial charge is 0.349 e. The van der Waals surface area contributed by atoms with Gasteiger partial charge in [0.25, 0.3) is 0 Å². The van der Waals surface area contributed by atoms with Crippen LogP contribution < -0.4 is 5.32 Å². The molecule has 1 saturated heterocycles. The van der Waals surface area contributed by atoms with Crippen molar-refractivity contribution in [2.75, 3.05) is 13.2 Å². The van der Waals surface area contributed by atoms with Gasteiger partial charge in [0.15, 0.2) is 6.29 Å². The molecule has 0 radical (unpaired) electrons. The fourth-order valence-electron chi connectivity index (χ4n) is 2.86. The van der Waals surface area contributed by atoms with Crippen molar-refractivity contribution in [3.8, 4) is 0 Å². The summed E-state index contributed by atoms with van der Waals surface area (Å²) in [4.78, 5) is 0. The first-order valence-corrected chi connectivity index (χ1v) is 8.66.